The zero-order chi connectivity index (χ0) is 9.84. The van der Waals surface area contributed by atoms with Crippen molar-refractivity contribution in [2.24, 2.45) is 5.73 Å². The fraction of sp³-hybridized carbons (Fsp3) is 0.222. The van der Waals surface area contributed by atoms with Crippen molar-refractivity contribution in [1.82, 2.24) is 0 Å². The minimum Gasteiger partial charge on any atom is -0.321 e. The SMILES string of the molecule is NC(C=O)Cc1cc(F)ccc1F. The lowest BCUT2D eigenvalue weighted by molar-refractivity contribution is -0.108. The van der Waals surface area contributed by atoms with Gasteiger partial charge in [-0.15, -0.1) is 0 Å². The van der Waals surface area contributed by atoms with Crippen LogP contribution in [0.25, 0.3) is 0 Å². The van der Waals surface area contributed by atoms with E-state index in [1.807, 2.05) is 0 Å². The molecular formula is C9H9F2NO. The molecule has 0 aromatic heterocycles. The highest BCUT2D eigenvalue weighted by molar-refractivity contribution is 5.57. The average molecular weight is 185 g/mol. The lowest BCUT2D eigenvalue weighted by atomic mass is 10.1. The number of hydrogen-bond acceptors (Lipinski definition) is 2. The normalized spacial score (nSPS) is 12.5. The number of rotatable bonds is 3. The summed E-state index contributed by atoms with van der Waals surface area (Å²) in [6.45, 7) is 0. The van der Waals surface area contributed by atoms with Crippen molar-refractivity contribution < 1.29 is 13.6 Å². The van der Waals surface area contributed by atoms with Crippen LogP contribution in [0, 0.1) is 11.6 Å². The molecule has 0 saturated carbocycles. The molecule has 0 bridgehead atoms. The number of halogens is 2. The number of nitrogens with two attached hydrogens (primary N) is 1. The predicted octanol–water partition coefficient (Wildman–Crippen LogP) is 1.03. The van der Waals surface area contributed by atoms with E-state index in [9.17, 15) is 13.6 Å². The first kappa shape index (κ1) is 9.80. The molecule has 0 spiro atoms. The zero-order valence-electron chi connectivity index (χ0n) is 6.84. The van der Waals surface area contributed by atoms with Crippen molar-refractivity contribution in [3.63, 3.8) is 0 Å². The second-order valence-corrected chi connectivity index (χ2v) is 2.74. The molecule has 0 aliphatic carbocycles. The predicted molar refractivity (Wildman–Crippen MR) is 44.1 cm³/mol. The van der Waals surface area contributed by atoms with Crippen molar-refractivity contribution in [3.05, 3.63) is 35.4 Å². The van der Waals surface area contributed by atoms with Crippen LogP contribution in [-0.4, -0.2) is 12.3 Å². The monoisotopic (exact) mass is 185 g/mol. The molecule has 1 rings (SSSR count). The lowest BCUT2D eigenvalue weighted by Crippen LogP contribution is -2.24. The van der Waals surface area contributed by atoms with Gasteiger partial charge in [-0.2, -0.15) is 0 Å². The van der Waals surface area contributed by atoms with Gasteiger partial charge in [-0.3, -0.25) is 0 Å². The Hall–Kier alpha value is -1.29. The van der Waals surface area contributed by atoms with Crippen LogP contribution in [0.2, 0.25) is 0 Å². The first-order valence-corrected chi connectivity index (χ1v) is 3.78. The van der Waals surface area contributed by atoms with E-state index in [2.05, 4.69) is 0 Å². The summed E-state index contributed by atoms with van der Waals surface area (Å²) >= 11 is 0. The molecule has 0 amide bonds. The van der Waals surface area contributed by atoms with Crippen molar-refractivity contribution in [3.8, 4) is 0 Å². The fourth-order valence-corrected chi connectivity index (χ4v) is 1.00. The van der Waals surface area contributed by atoms with Crippen LogP contribution in [-0.2, 0) is 11.2 Å². The van der Waals surface area contributed by atoms with E-state index in [-0.39, 0.29) is 12.0 Å². The molecule has 70 valence electrons. The third-order valence-corrected chi connectivity index (χ3v) is 1.64. The van der Waals surface area contributed by atoms with E-state index in [1.54, 1.807) is 0 Å². The Balaban J connectivity index is 2.86. The Bertz CT molecular complexity index is 314. The van der Waals surface area contributed by atoms with E-state index in [4.69, 9.17) is 5.73 Å². The molecule has 1 aromatic carbocycles. The Morgan fingerprint density at radius 2 is 2.15 bits per heavy atom. The van der Waals surface area contributed by atoms with Gasteiger partial charge in [0.2, 0.25) is 0 Å². The number of hydrogen-bond donors (Lipinski definition) is 1. The highest BCUT2D eigenvalue weighted by Gasteiger charge is 2.07. The first-order chi connectivity index (χ1) is 6.13. The summed E-state index contributed by atoms with van der Waals surface area (Å²) in [6.07, 6.45) is 0.525. The van der Waals surface area contributed by atoms with Crippen LogP contribution in [0.4, 0.5) is 8.78 Å². The molecule has 1 aromatic rings. The number of carbonyl (C=O) groups is 1. The smallest absolute Gasteiger partial charge is 0.137 e. The van der Waals surface area contributed by atoms with E-state index in [1.165, 1.54) is 0 Å². The fourth-order valence-electron chi connectivity index (χ4n) is 1.00. The second-order valence-electron chi connectivity index (χ2n) is 2.74. The lowest BCUT2D eigenvalue weighted by Gasteiger charge is -2.04. The molecule has 0 aliphatic heterocycles. The van der Waals surface area contributed by atoms with Crippen molar-refractivity contribution in [2.45, 2.75) is 12.5 Å². The molecule has 0 aliphatic rings. The number of carbonyl (C=O) groups excluding carboxylic acids is 1. The van der Waals surface area contributed by atoms with Gasteiger partial charge < -0.3 is 10.5 Å². The molecular weight excluding hydrogens is 176 g/mol. The molecule has 0 fully saturated rings. The highest BCUT2D eigenvalue weighted by Crippen LogP contribution is 2.10. The van der Waals surface area contributed by atoms with E-state index in [0.29, 0.717) is 6.29 Å². The summed E-state index contributed by atoms with van der Waals surface area (Å²) in [6, 6.07) is 2.29. The Morgan fingerprint density at radius 3 is 2.77 bits per heavy atom. The average Bonchev–Trinajstić information content (AvgIpc) is 2.11. The van der Waals surface area contributed by atoms with Crippen LogP contribution in [0.1, 0.15) is 5.56 Å². The summed E-state index contributed by atoms with van der Waals surface area (Å²) in [5.74, 6) is -1.08. The van der Waals surface area contributed by atoms with E-state index in [0.717, 1.165) is 18.2 Å². The first-order valence-electron chi connectivity index (χ1n) is 3.78. The molecule has 1 unspecified atom stereocenters. The topological polar surface area (TPSA) is 43.1 Å². The summed E-state index contributed by atoms with van der Waals surface area (Å²) in [5.41, 5.74) is 5.39. The zero-order valence-corrected chi connectivity index (χ0v) is 6.84. The standard InChI is InChI=1S/C9H9F2NO/c10-7-1-2-9(11)6(3-7)4-8(12)5-13/h1-3,5,8H,4,12H2. The second kappa shape index (κ2) is 4.09. The van der Waals surface area contributed by atoms with Crippen LogP contribution < -0.4 is 5.73 Å². The molecule has 4 heteroatoms. The van der Waals surface area contributed by atoms with Crippen molar-refractivity contribution in [2.75, 3.05) is 0 Å². The largest absolute Gasteiger partial charge is 0.321 e. The third-order valence-electron chi connectivity index (χ3n) is 1.64. The molecule has 0 heterocycles. The van der Waals surface area contributed by atoms with Gasteiger partial charge >= 0.3 is 0 Å². The van der Waals surface area contributed by atoms with Gasteiger partial charge in [-0.25, -0.2) is 8.78 Å². The molecule has 0 saturated heterocycles. The molecule has 0 radical (unpaired) electrons. The van der Waals surface area contributed by atoms with Crippen molar-refractivity contribution >= 4 is 6.29 Å². The van der Waals surface area contributed by atoms with Gasteiger partial charge in [0.05, 0.1) is 6.04 Å². The quantitative estimate of drug-likeness (QED) is 0.715. The Morgan fingerprint density at radius 1 is 1.46 bits per heavy atom. The van der Waals surface area contributed by atoms with Crippen LogP contribution in [0.5, 0.6) is 0 Å². The maximum Gasteiger partial charge on any atom is 0.137 e. The summed E-state index contributed by atoms with van der Waals surface area (Å²) in [5, 5.41) is 0. The Kier molecular flexibility index (Phi) is 3.08. The molecule has 13 heavy (non-hydrogen) atoms. The van der Waals surface area contributed by atoms with Gasteiger partial charge in [0.1, 0.15) is 17.9 Å². The third kappa shape index (κ3) is 2.59. The summed E-state index contributed by atoms with van der Waals surface area (Å²) in [4.78, 5) is 10.2. The van der Waals surface area contributed by atoms with Crippen LogP contribution in [0.15, 0.2) is 18.2 Å². The molecule has 1 atom stereocenters. The minimum absolute atomic E-state index is 0.0209. The summed E-state index contributed by atoms with van der Waals surface area (Å²) < 4.78 is 25.5. The van der Waals surface area contributed by atoms with Crippen molar-refractivity contribution in [1.29, 1.82) is 0 Å². The van der Waals surface area contributed by atoms with Gasteiger partial charge in [0.25, 0.3) is 0 Å². The van der Waals surface area contributed by atoms with E-state index < -0.39 is 17.7 Å². The van der Waals surface area contributed by atoms with Crippen LogP contribution >= 0.6 is 0 Å². The maximum atomic E-state index is 12.9. The number of aldehydes is 1. The molecule has 2 N–H and O–H groups in total. The molecule has 2 nitrogen and oxygen atoms in total. The van der Waals surface area contributed by atoms with Crippen LogP contribution in [0.3, 0.4) is 0 Å². The summed E-state index contributed by atoms with van der Waals surface area (Å²) in [7, 11) is 0. The number of benzene rings is 1. The van der Waals surface area contributed by atoms with E-state index >= 15 is 0 Å². The van der Waals surface area contributed by atoms with Gasteiger partial charge in [0.15, 0.2) is 0 Å². The van der Waals surface area contributed by atoms with Gasteiger partial charge in [-0.05, 0) is 30.2 Å². The highest BCUT2D eigenvalue weighted by atomic mass is 19.1. The maximum absolute atomic E-state index is 12.9. The van der Waals surface area contributed by atoms with Gasteiger partial charge in [-0.1, -0.05) is 0 Å². The van der Waals surface area contributed by atoms with Gasteiger partial charge in [0, 0.05) is 0 Å². The minimum atomic E-state index is -0.781. The Labute approximate surface area is 74.4 Å².